The molecule has 0 aliphatic heterocycles. The lowest BCUT2D eigenvalue weighted by molar-refractivity contribution is -0.145. The molecule has 0 spiro atoms. The van der Waals surface area contributed by atoms with Gasteiger partial charge in [-0.2, -0.15) is 0 Å². The minimum atomic E-state index is -1.19. The summed E-state index contributed by atoms with van der Waals surface area (Å²) in [6.07, 6.45) is -0.997. The highest BCUT2D eigenvalue weighted by atomic mass is 16.6. The lowest BCUT2D eigenvalue weighted by Crippen LogP contribution is -2.58. The number of benzene rings is 3. The molecule has 0 saturated heterocycles. The van der Waals surface area contributed by atoms with Gasteiger partial charge in [0.25, 0.3) is 0 Å². The summed E-state index contributed by atoms with van der Waals surface area (Å²) in [5, 5.41) is 7.89. The van der Waals surface area contributed by atoms with Gasteiger partial charge in [0, 0.05) is 12.8 Å². The van der Waals surface area contributed by atoms with E-state index < -0.39 is 59.4 Å². The Morgan fingerprint density at radius 3 is 1.82 bits per heavy atom. The number of hydrogen-bond acceptors (Lipinski definition) is 8. The van der Waals surface area contributed by atoms with Crippen molar-refractivity contribution in [3.63, 3.8) is 0 Å². The van der Waals surface area contributed by atoms with E-state index in [2.05, 4.69) is 16.0 Å². The number of nitrogens with one attached hydrogen (secondary N) is 3. The van der Waals surface area contributed by atoms with Gasteiger partial charge in [-0.15, -0.1) is 0 Å². The Morgan fingerprint density at radius 2 is 1.28 bits per heavy atom. The van der Waals surface area contributed by atoms with Gasteiger partial charge in [0.1, 0.15) is 42.7 Å². The standard InChI is InChI=1S/C38H48N4O8/c1-25(2)33(36(46)40-30(34(39)44)20-21-32(43)49-24-28-14-10-7-11-15-28)42-35(45)31(41-37(47)50-38(3,4)5)22-26-16-18-29(19-17-26)48-23-27-12-8-6-9-13-27/h6-19,25,30-31,33H,20-24H2,1-5H3,(H2,39,44)(H,40,46)(H,41,47)(H,42,45)/t30-,31+,33+/m1/s1. The molecule has 0 saturated carbocycles. The van der Waals surface area contributed by atoms with Crippen molar-refractivity contribution in [1.29, 1.82) is 0 Å². The molecular formula is C38H48N4O8. The highest BCUT2D eigenvalue weighted by Crippen LogP contribution is 2.17. The molecule has 3 aromatic carbocycles. The lowest BCUT2D eigenvalue weighted by Gasteiger charge is -2.27. The zero-order chi connectivity index (χ0) is 36.7. The zero-order valence-electron chi connectivity index (χ0n) is 29.3. The van der Waals surface area contributed by atoms with Crippen molar-refractivity contribution in [2.45, 2.75) is 90.8 Å². The fourth-order valence-corrected chi connectivity index (χ4v) is 4.77. The Kier molecular flexibility index (Phi) is 14.8. The van der Waals surface area contributed by atoms with Crippen LogP contribution in [0.5, 0.6) is 5.75 Å². The van der Waals surface area contributed by atoms with Crippen molar-refractivity contribution in [2.75, 3.05) is 0 Å². The number of carbonyl (C=O) groups is 5. The smallest absolute Gasteiger partial charge is 0.408 e. The first-order valence-corrected chi connectivity index (χ1v) is 16.5. The van der Waals surface area contributed by atoms with E-state index in [9.17, 15) is 24.0 Å². The second-order valence-corrected chi connectivity index (χ2v) is 13.2. The number of carbonyl (C=O) groups excluding carboxylic acids is 5. The van der Waals surface area contributed by atoms with Crippen LogP contribution in [0.1, 0.15) is 64.2 Å². The lowest BCUT2D eigenvalue weighted by atomic mass is 10.00. The fraction of sp³-hybridized carbons (Fsp3) is 0.395. The number of esters is 1. The van der Waals surface area contributed by atoms with Crippen LogP contribution in [-0.2, 0) is 48.3 Å². The van der Waals surface area contributed by atoms with Crippen molar-refractivity contribution in [2.24, 2.45) is 11.7 Å². The molecule has 3 aromatic rings. The van der Waals surface area contributed by atoms with Crippen LogP contribution in [0.3, 0.4) is 0 Å². The van der Waals surface area contributed by atoms with Crippen LogP contribution < -0.4 is 26.4 Å². The average molecular weight is 689 g/mol. The molecular weight excluding hydrogens is 640 g/mol. The largest absolute Gasteiger partial charge is 0.489 e. The van der Waals surface area contributed by atoms with Crippen LogP contribution in [-0.4, -0.2) is 53.5 Å². The second-order valence-electron chi connectivity index (χ2n) is 13.2. The molecule has 0 aliphatic rings. The van der Waals surface area contributed by atoms with E-state index in [4.69, 9.17) is 19.9 Å². The molecule has 0 aromatic heterocycles. The summed E-state index contributed by atoms with van der Waals surface area (Å²) in [5.41, 5.74) is 7.27. The van der Waals surface area contributed by atoms with Gasteiger partial charge in [-0.3, -0.25) is 19.2 Å². The van der Waals surface area contributed by atoms with Gasteiger partial charge in [0.15, 0.2) is 0 Å². The Balaban J connectivity index is 1.66. The van der Waals surface area contributed by atoms with Gasteiger partial charge in [0.05, 0.1) is 0 Å². The molecule has 3 rings (SSSR count). The minimum Gasteiger partial charge on any atom is -0.489 e. The van der Waals surface area contributed by atoms with Crippen LogP contribution in [0.25, 0.3) is 0 Å². The highest BCUT2D eigenvalue weighted by molar-refractivity contribution is 5.94. The Labute approximate surface area is 293 Å². The van der Waals surface area contributed by atoms with Crippen LogP contribution in [0.15, 0.2) is 84.9 Å². The van der Waals surface area contributed by atoms with Gasteiger partial charge in [-0.05, 0) is 61.9 Å². The van der Waals surface area contributed by atoms with E-state index in [0.29, 0.717) is 17.9 Å². The summed E-state index contributed by atoms with van der Waals surface area (Å²) < 4.78 is 16.5. The maximum absolute atomic E-state index is 13.7. The normalized spacial score (nSPS) is 12.9. The maximum atomic E-state index is 13.7. The SMILES string of the molecule is CC(C)[C@H](NC(=O)[C@H](Cc1ccc(OCc2ccccc2)cc1)NC(=O)OC(C)(C)C)C(=O)N[C@H](CCC(=O)OCc1ccccc1)C(N)=O. The molecule has 0 bridgehead atoms. The molecule has 0 radical (unpaired) electrons. The van der Waals surface area contributed by atoms with Gasteiger partial charge < -0.3 is 35.9 Å². The topological polar surface area (TPSA) is 175 Å². The van der Waals surface area contributed by atoms with Gasteiger partial charge >= 0.3 is 12.1 Å². The third-order valence-electron chi connectivity index (χ3n) is 7.41. The van der Waals surface area contributed by atoms with Crippen molar-refractivity contribution in [3.8, 4) is 5.75 Å². The van der Waals surface area contributed by atoms with E-state index in [1.165, 1.54) is 0 Å². The second kappa shape index (κ2) is 19.0. The van der Waals surface area contributed by atoms with Gasteiger partial charge in [-0.25, -0.2) is 4.79 Å². The minimum absolute atomic E-state index is 0.0689. The van der Waals surface area contributed by atoms with Crippen molar-refractivity contribution < 1.29 is 38.2 Å². The number of ether oxygens (including phenoxy) is 3. The number of rotatable bonds is 17. The molecule has 4 amide bonds. The first-order chi connectivity index (χ1) is 23.7. The number of amides is 4. The summed E-state index contributed by atoms with van der Waals surface area (Å²) in [7, 11) is 0. The number of primary amides is 1. The third kappa shape index (κ3) is 14.0. The van der Waals surface area contributed by atoms with Crippen LogP contribution in [0, 0.1) is 5.92 Å². The fourth-order valence-electron chi connectivity index (χ4n) is 4.77. The van der Waals surface area contributed by atoms with Crippen molar-refractivity contribution in [3.05, 3.63) is 102 Å². The first-order valence-electron chi connectivity index (χ1n) is 16.5. The number of hydrogen-bond donors (Lipinski definition) is 4. The van der Waals surface area contributed by atoms with Crippen LogP contribution in [0.4, 0.5) is 4.79 Å². The number of alkyl carbamates (subject to hydrolysis) is 1. The van der Waals surface area contributed by atoms with E-state index in [0.717, 1.165) is 11.1 Å². The van der Waals surface area contributed by atoms with Crippen LogP contribution >= 0.6 is 0 Å². The molecule has 3 atom stereocenters. The van der Waals surface area contributed by atoms with E-state index in [1.54, 1.807) is 58.9 Å². The molecule has 0 heterocycles. The summed E-state index contributed by atoms with van der Waals surface area (Å²) >= 11 is 0. The Bertz CT molecular complexity index is 1560. The van der Waals surface area contributed by atoms with E-state index >= 15 is 0 Å². The van der Waals surface area contributed by atoms with Crippen molar-refractivity contribution in [1.82, 2.24) is 16.0 Å². The molecule has 0 fully saturated rings. The monoisotopic (exact) mass is 688 g/mol. The molecule has 0 aliphatic carbocycles. The molecule has 12 heteroatoms. The third-order valence-corrected chi connectivity index (χ3v) is 7.41. The average Bonchev–Trinajstić information content (AvgIpc) is 3.07. The molecule has 0 unspecified atom stereocenters. The summed E-state index contributed by atoms with van der Waals surface area (Å²) in [6.45, 7) is 9.00. The predicted octanol–water partition coefficient (Wildman–Crippen LogP) is 4.34. The van der Waals surface area contributed by atoms with E-state index in [1.807, 2.05) is 60.7 Å². The zero-order valence-corrected chi connectivity index (χ0v) is 29.3. The summed E-state index contributed by atoms with van der Waals surface area (Å²) in [4.78, 5) is 64.4. The Morgan fingerprint density at radius 1 is 0.700 bits per heavy atom. The van der Waals surface area contributed by atoms with Gasteiger partial charge in [-0.1, -0.05) is 86.6 Å². The van der Waals surface area contributed by atoms with E-state index in [-0.39, 0.29) is 25.9 Å². The van der Waals surface area contributed by atoms with Crippen molar-refractivity contribution >= 4 is 29.8 Å². The summed E-state index contributed by atoms with van der Waals surface area (Å²) in [6, 6.07) is 22.5. The highest BCUT2D eigenvalue weighted by Gasteiger charge is 2.32. The molecule has 12 nitrogen and oxygen atoms in total. The number of nitrogens with two attached hydrogens (primary N) is 1. The Hall–Kier alpha value is -5.39. The quantitative estimate of drug-likeness (QED) is 0.152. The molecule has 268 valence electrons. The summed E-state index contributed by atoms with van der Waals surface area (Å²) in [5.74, 6) is -2.52. The molecule has 5 N–H and O–H groups in total. The van der Waals surface area contributed by atoms with Gasteiger partial charge in [0.2, 0.25) is 17.7 Å². The molecule has 50 heavy (non-hydrogen) atoms. The van der Waals surface area contributed by atoms with Crippen LogP contribution in [0.2, 0.25) is 0 Å². The maximum Gasteiger partial charge on any atom is 0.408 e. The first kappa shape index (κ1) is 39.1. The predicted molar refractivity (Wildman–Crippen MR) is 187 cm³/mol.